The second-order valence-corrected chi connectivity index (χ2v) is 7.09. The van der Waals surface area contributed by atoms with Gasteiger partial charge in [-0.05, 0) is 18.6 Å². The molecule has 7 atom stereocenters. The smallest absolute Gasteiger partial charge is 0.309 e. The number of esters is 2. The lowest BCUT2D eigenvalue weighted by Crippen LogP contribution is -2.52. The van der Waals surface area contributed by atoms with Crippen molar-refractivity contribution in [3.63, 3.8) is 0 Å². The Bertz CT molecular complexity index is 606. The Morgan fingerprint density at radius 2 is 2.09 bits per heavy atom. The van der Waals surface area contributed by atoms with Crippen molar-refractivity contribution in [2.75, 3.05) is 0 Å². The van der Waals surface area contributed by atoms with Crippen molar-refractivity contribution in [1.82, 2.24) is 0 Å². The Morgan fingerprint density at radius 1 is 1.43 bits per heavy atom. The second kappa shape index (κ2) is 4.92. The van der Waals surface area contributed by atoms with Crippen LogP contribution in [0.5, 0.6) is 0 Å². The van der Waals surface area contributed by atoms with Crippen molar-refractivity contribution in [2.45, 2.75) is 50.6 Å². The number of carbonyl (C=O) groups excluding carboxylic acids is 2. The number of rotatable bonds is 1. The predicted octanol–water partition coefficient (Wildman–Crippen LogP) is 0.724. The Balaban J connectivity index is 2.10. The number of hydrogen-bond acceptors (Lipinski definition) is 6. The average molecular weight is 322 g/mol. The van der Waals surface area contributed by atoms with Gasteiger partial charge in [0.1, 0.15) is 17.8 Å². The molecule has 2 N–H and O–H groups in total. The van der Waals surface area contributed by atoms with E-state index in [1.165, 1.54) is 19.1 Å². The van der Waals surface area contributed by atoms with Crippen LogP contribution in [0.3, 0.4) is 0 Å². The highest BCUT2D eigenvalue weighted by Gasteiger charge is 2.64. The van der Waals surface area contributed by atoms with E-state index in [4.69, 9.17) is 9.47 Å². The summed E-state index contributed by atoms with van der Waals surface area (Å²) in [7, 11) is 0. The summed E-state index contributed by atoms with van der Waals surface area (Å²) in [6, 6.07) is 0. The van der Waals surface area contributed by atoms with E-state index in [-0.39, 0.29) is 6.42 Å². The first-order chi connectivity index (χ1) is 10.6. The fourth-order valence-electron chi connectivity index (χ4n) is 4.33. The molecule has 0 radical (unpaired) electrons. The maximum atomic E-state index is 12.1. The normalized spacial score (nSPS) is 48.5. The number of ether oxygens (including phenoxy) is 2. The van der Waals surface area contributed by atoms with Gasteiger partial charge in [0.2, 0.25) is 0 Å². The summed E-state index contributed by atoms with van der Waals surface area (Å²) in [4.78, 5) is 23.6. The standard InChI is InChI=1S/C17H22O6/c1-8-7-11(22-10(3)18)12-9(2)15(19)23-13(12)14-16(4,20)5-6-17(8,14)21/h5-6,9,11-14,20-21H,1,7H2,2-4H3/t9-,11-,12+,13-,14-,16+,17+/m0/s1. The molecule has 23 heavy (non-hydrogen) atoms. The fourth-order valence-corrected chi connectivity index (χ4v) is 4.33. The minimum atomic E-state index is -1.49. The molecular weight excluding hydrogens is 300 g/mol. The van der Waals surface area contributed by atoms with Gasteiger partial charge in [0.05, 0.1) is 17.4 Å². The van der Waals surface area contributed by atoms with E-state index in [1.807, 2.05) is 0 Å². The molecule has 1 saturated carbocycles. The SMILES string of the molecule is C=C1C[C@H](OC(C)=O)[C@@H]2[C@H](OC(=O)[C@H]2C)[C@@H]2[C@@]1(O)C=C[C@@]2(C)O. The van der Waals surface area contributed by atoms with Gasteiger partial charge in [0.15, 0.2) is 0 Å². The molecule has 2 aliphatic carbocycles. The van der Waals surface area contributed by atoms with E-state index in [1.54, 1.807) is 13.8 Å². The van der Waals surface area contributed by atoms with E-state index in [2.05, 4.69) is 6.58 Å². The summed E-state index contributed by atoms with van der Waals surface area (Å²) in [5.41, 5.74) is -2.40. The molecule has 0 bridgehead atoms. The summed E-state index contributed by atoms with van der Waals surface area (Å²) in [5, 5.41) is 21.8. The molecule has 6 heteroatoms. The third-order valence-electron chi connectivity index (χ3n) is 5.45. The lowest BCUT2D eigenvalue weighted by molar-refractivity contribution is -0.155. The molecule has 6 nitrogen and oxygen atoms in total. The molecule has 0 amide bonds. The van der Waals surface area contributed by atoms with E-state index in [0.717, 1.165) is 0 Å². The molecule has 1 aliphatic heterocycles. The first kappa shape index (κ1) is 16.2. The highest BCUT2D eigenvalue weighted by molar-refractivity contribution is 5.75. The van der Waals surface area contributed by atoms with Gasteiger partial charge >= 0.3 is 11.9 Å². The van der Waals surface area contributed by atoms with Crippen molar-refractivity contribution in [3.05, 3.63) is 24.3 Å². The van der Waals surface area contributed by atoms with Gasteiger partial charge < -0.3 is 19.7 Å². The Kier molecular flexibility index (Phi) is 3.46. The number of fused-ring (bicyclic) bond motifs is 3. The summed E-state index contributed by atoms with van der Waals surface area (Å²) in [6.45, 7) is 8.53. The second-order valence-electron chi connectivity index (χ2n) is 7.09. The molecule has 3 rings (SSSR count). The zero-order valence-electron chi connectivity index (χ0n) is 13.5. The molecule has 126 valence electrons. The van der Waals surface area contributed by atoms with Crippen LogP contribution in [0, 0.1) is 17.8 Å². The van der Waals surface area contributed by atoms with Crippen molar-refractivity contribution in [2.24, 2.45) is 17.8 Å². The molecule has 1 saturated heterocycles. The van der Waals surface area contributed by atoms with Crippen LogP contribution in [0.1, 0.15) is 27.2 Å². The van der Waals surface area contributed by atoms with Crippen molar-refractivity contribution in [1.29, 1.82) is 0 Å². The molecule has 1 heterocycles. The van der Waals surface area contributed by atoms with Gasteiger partial charge in [-0.1, -0.05) is 19.6 Å². The molecule has 0 unspecified atom stereocenters. The lowest BCUT2D eigenvalue weighted by Gasteiger charge is -2.39. The first-order valence-corrected chi connectivity index (χ1v) is 7.79. The van der Waals surface area contributed by atoms with Crippen LogP contribution in [0.2, 0.25) is 0 Å². The summed E-state index contributed by atoms with van der Waals surface area (Å²) >= 11 is 0. The lowest BCUT2D eigenvalue weighted by atomic mass is 9.73. The van der Waals surface area contributed by atoms with Gasteiger partial charge in [0, 0.05) is 19.3 Å². The van der Waals surface area contributed by atoms with Gasteiger partial charge in [-0.3, -0.25) is 9.59 Å². The Morgan fingerprint density at radius 3 is 2.70 bits per heavy atom. The van der Waals surface area contributed by atoms with Gasteiger partial charge in [0.25, 0.3) is 0 Å². The van der Waals surface area contributed by atoms with Crippen LogP contribution in [0.15, 0.2) is 24.3 Å². The van der Waals surface area contributed by atoms with Crippen LogP contribution < -0.4 is 0 Å². The van der Waals surface area contributed by atoms with Crippen LogP contribution in [-0.4, -0.2) is 45.6 Å². The summed E-state index contributed by atoms with van der Waals surface area (Å²) < 4.78 is 10.9. The van der Waals surface area contributed by atoms with E-state index >= 15 is 0 Å². The van der Waals surface area contributed by atoms with Crippen molar-refractivity contribution >= 4 is 11.9 Å². The zero-order valence-corrected chi connectivity index (χ0v) is 13.5. The van der Waals surface area contributed by atoms with Crippen LogP contribution >= 0.6 is 0 Å². The highest BCUT2D eigenvalue weighted by Crippen LogP contribution is 2.53. The summed E-state index contributed by atoms with van der Waals surface area (Å²) in [6.07, 6.45) is 1.86. The molecular formula is C17H22O6. The third kappa shape index (κ3) is 2.23. The first-order valence-electron chi connectivity index (χ1n) is 7.79. The van der Waals surface area contributed by atoms with E-state index < -0.39 is 53.1 Å². The molecule has 0 aromatic heterocycles. The van der Waals surface area contributed by atoms with E-state index in [9.17, 15) is 19.8 Å². The molecule has 0 aromatic carbocycles. The number of aliphatic hydroxyl groups is 2. The van der Waals surface area contributed by atoms with Crippen LogP contribution in [0.25, 0.3) is 0 Å². The number of hydrogen-bond donors (Lipinski definition) is 2. The van der Waals surface area contributed by atoms with Gasteiger partial charge in [-0.2, -0.15) is 0 Å². The van der Waals surface area contributed by atoms with Gasteiger partial charge in [-0.15, -0.1) is 0 Å². The minimum absolute atomic E-state index is 0.217. The predicted molar refractivity (Wildman–Crippen MR) is 80.0 cm³/mol. The molecule has 2 fully saturated rings. The fraction of sp³-hybridized carbons (Fsp3) is 0.647. The zero-order chi connectivity index (χ0) is 17.2. The largest absolute Gasteiger partial charge is 0.462 e. The Hall–Kier alpha value is -1.66. The summed E-state index contributed by atoms with van der Waals surface area (Å²) in [5.74, 6) is -2.57. The van der Waals surface area contributed by atoms with Crippen molar-refractivity contribution in [3.8, 4) is 0 Å². The van der Waals surface area contributed by atoms with Crippen LogP contribution in [0.4, 0.5) is 0 Å². The molecule has 0 aromatic rings. The maximum Gasteiger partial charge on any atom is 0.309 e. The van der Waals surface area contributed by atoms with E-state index in [0.29, 0.717) is 5.57 Å². The quantitative estimate of drug-likeness (QED) is 0.546. The number of carbonyl (C=O) groups is 2. The third-order valence-corrected chi connectivity index (χ3v) is 5.45. The van der Waals surface area contributed by atoms with Crippen molar-refractivity contribution < 1.29 is 29.3 Å². The molecule has 3 aliphatic rings. The van der Waals surface area contributed by atoms with Crippen LogP contribution in [-0.2, 0) is 19.1 Å². The Labute approximate surface area is 134 Å². The maximum absolute atomic E-state index is 12.1. The highest BCUT2D eigenvalue weighted by atomic mass is 16.6. The molecule has 0 spiro atoms. The topological polar surface area (TPSA) is 93.1 Å². The average Bonchev–Trinajstić information content (AvgIpc) is 2.80. The van der Waals surface area contributed by atoms with Gasteiger partial charge in [-0.25, -0.2) is 0 Å². The monoisotopic (exact) mass is 322 g/mol. The minimum Gasteiger partial charge on any atom is -0.462 e.